The number of aromatic nitrogens is 2. The molecule has 0 unspecified atom stereocenters. The van der Waals surface area contributed by atoms with Gasteiger partial charge in [-0.05, 0) is 52.7 Å². The summed E-state index contributed by atoms with van der Waals surface area (Å²) in [5.41, 5.74) is 6.47. The zero-order chi connectivity index (χ0) is 24.9. The Balaban J connectivity index is 1.84. The van der Waals surface area contributed by atoms with Gasteiger partial charge in [0.1, 0.15) is 17.5 Å². The fourth-order valence-corrected chi connectivity index (χ4v) is 3.60. The maximum absolute atomic E-state index is 12.6. The number of nitrogens with one attached hydrogen (secondary N) is 1. The fraction of sp³-hybridized carbons (Fsp3) is 0.458. The molecule has 1 aliphatic carbocycles. The molecule has 1 fully saturated rings. The first-order valence-electron chi connectivity index (χ1n) is 11.1. The van der Waals surface area contributed by atoms with Crippen LogP contribution in [0.5, 0.6) is 5.88 Å². The predicted octanol–water partition coefficient (Wildman–Crippen LogP) is 3.60. The molecule has 0 saturated heterocycles. The van der Waals surface area contributed by atoms with Crippen LogP contribution in [-0.2, 0) is 9.47 Å². The zero-order valence-corrected chi connectivity index (χ0v) is 19.8. The molecule has 180 valence electrons. The predicted molar refractivity (Wildman–Crippen MR) is 124 cm³/mol. The summed E-state index contributed by atoms with van der Waals surface area (Å²) in [6, 6.07) is 8.65. The number of anilines is 1. The van der Waals surface area contributed by atoms with Crippen LogP contribution in [0.15, 0.2) is 24.3 Å². The Labute approximate surface area is 198 Å². The maximum Gasteiger partial charge on any atom is 0.407 e. The third-order valence-electron chi connectivity index (χ3n) is 5.02. The number of esters is 1. The average Bonchev–Trinajstić information content (AvgIpc) is 3.18. The van der Waals surface area contributed by atoms with Crippen LogP contribution < -0.4 is 15.8 Å². The molecular weight excluding hydrogens is 438 g/mol. The van der Waals surface area contributed by atoms with Crippen molar-refractivity contribution >= 4 is 17.9 Å². The lowest BCUT2D eigenvalue weighted by Crippen LogP contribution is -2.38. The van der Waals surface area contributed by atoms with Gasteiger partial charge in [-0.15, -0.1) is 0 Å². The smallest absolute Gasteiger partial charge is 0.407 e. The van der Waals surface area contributed by atoms with E-state index < -0.39 is 17.7 Å². The first-order valence-corrected chi connectivity index (χ1v) is 11.1. The van der Waals surface area contributed by atoms with E-state index in [1.165, 1.54) is 0 Å². The summed E-state index contributed by atoms with van der Waals surface area (Å²) in [4.78, 5) is 33.4. The van der Waals surface area contributed by atoms with Crippen molar-refractivity contribution in [3.8, 4) is 23.3 Å². The second-order valence-corrected chi connectivity index (χ2v) is 8.92. The molecule has 1 heterocycles. The molecule has 3 N–H and O–H groups in total. The monoisotopic (exact) mass is 467 g/mol. The number of benzene rings is 1. The van der Waals surface area contributed by atoms with Gasteiger partial charge in [-0.3, -0.25) is 0 Å². The third-order valence-corrected chi connectivity index (χ3v) is 5.02. The number of carbonyl (C=O) groups is 2. The highest BCUT2D eigenvalue weighted by Gasteiger charge is 2.31. The summed E-state index contributed by atoms with van der Waals surface area (Å²) in [6.45, 7) is 7.23. The molecule has 1 aromatic heterocycles. The van der Waals surface area contributed by atoms with Gasteiger partial charge in [-0.2, -0.15) is 10.2 Å². The van der Waals surface area contributed by atoms with E-state index in [2.05, 4.69) is 21.4 Å². The third kappa shape index (κ3) is 6.34. The molecule has 2 atom stereocenters. The lowest BCUT2D eigenvalue weighted by molar-refractivity contribution is 0.0501. The highest BCUT2D eigenvalue weighted by Crippen LogP contribution is 2.31. The van der Waals surface area contributed by atoms with Gasteiger partial charge in [0.2, 0.25) is 5.88 Å². The molecule has 10 nitrogen and oxygen atoms in total. The van der Waals surface area contributed by atoms with Gasteiger partial charge >= 0.3 is 12.1 Å². The van der Waals surface area contributed by atoms with Gasteiger partial charge in [0.05, 0.1) is 18.2 Å². The molecule has 0 bridgehead atoms. The molecule has 10 heteroatoms. The molecule has 0 aliphatic heterocycles. The number of alkyl carbamates (subject to hydrolysis) is 1. The summed E-state index contributed by atoms with van der Waals surface area (Å²) >= 11 is 0. The van der Waals surface area contributed by atoms with Crippen molar-refractivity contribution in [3.05, 3.63) is 35.4 Å². The number of nitrogens with zero attached hydrogens (tertiary/aromatic N) is 3. The SMILES string of the molecule is CCOC(=O)c1c(N)nc(-c2cccc(C#N)c2)nc1O[C@H]1CC[C@@H](NC(=O)OC(C)(C)C)C1. The normalized spacial score (nSPS) is 17.5. The Morgan fingerprint density at radius 3 is 2.71 bits per heavy atom. The van der Waals surface area contributed by atoms with Crippen molar-refractivity contribution in [2.75, 3.05) is 12.3 Å². The second-order valence-electron chi connectivity index (χ2n) is 8.92. The first-order chi connectivity index (χ1) is 16.1. The minimum Gasteiger partial charge on any atom is -0.474 e. The number of hydrogen-bond donors (Lipinski definition) is 2. The van der Waals surface area contributed by atoms with Gasteiger partial charge in [-0.1, -0.05) is 12.1 Å². The minimum atomic E-state index is -0.686. The number of nitrogen functional groups attached to an aromatic ring is 1. The van der Waals surface area contributed by atoms with Crippen LogP contribution >= 0.6 is 0 Å². The molecule has 1 saturated carbocycles. The highest BCUT2D eigenvalue weighted by molar-refractivity contribution is 5.97. The van der Waals surface area contributed by atoms with Gasteiger partial charge in [0, 0.05) is 18.0 Å². The number of nitrogens with two attached hydrogens (primary N) is 1. The van der Waals surface area contributed by atoms with Crippen molar-refractivity contribution in [1.82, 2.24) is 15.3 Å². The number of nitriles is 1. The van der Waals surface area contributed by atoms with Crippen molar-refractivity contribution in [2.45, 2.75) is 64.7 Å². The van der Waals surface area contributed by atoms with E-state index in [0.29, 0.717) is 30.4 Å². The summed E-state index contributed by atoms with van der Waals surface area (Å²) in [5.74, 6) is -0.540. The second kappa shape index (κ2) is 10.4. The van der Waals surface area contributed by atoms with Crippen LogP contribution in [0.25, 0.3) is 11.4 Å². The molecule has 1 amide bonds. The minimum absolute atomic E-state index is 0.00577. The van der Waals surface area contributed by atoms with E-state index in [9.17, 15) is 14.9 Å². The summed E-state index contributed by atoms with van der Waals surface area (Å²) in [5, 5.41) is 12.0. The van der Waals surface area contributed by atoms with E-state index in [-0.39, 0.29) is 41.8 Å². The molecule has 34 heavy (non-hydrogen) atoms. The zero-order valence-electron chi connectivity index (χ0n) is 19.8. The van der Waals surface area contributed by atoms with Crippen LogP contribution in [0.2, 0.25) is 0 Å². The quantitative estimate of drug-likeness (QED) is 0.607. The summed E-state index contributed by atoms with van der Waals surface area (Å²) in [7, 11) is 0. The maximum atomic E-state index is 12.6. The van der Waals surface area contributed by atoms with Gasteiger partial charge in [-0.25, -0.2) is 14.6 Å². The Bertz CT molecular complexity index is 1110. The molecular formula is C24H29N5O5. The lowest BCUT2D eigenvalue weighted by atomic mass is 10.1. The molecule has 0 spiro atoms. The van der Waals surface area contributed by atoms with Crippen LogP contribution in [0.3, 0.4) is 0 Å². The number of rotatable bonds is 6. The molecule has 0 radical (unpaired) electrons. The van der Waals surface area contributed by atoms with Crippen LogP contribution in [0.4, 0.5) is 10.6 Å². The molecule has 1 aromatic carbocycles. The van der Waals surface area contributed by atoms with Crippen molar-refractivity contribution in [1.29, 1.82) is 5.26 Å². The van der Waals surface area contributed by atoms with E-state index in [4.69, 9.17) is 19.9 Å². The Morgan fingerprint density at radius 2 is 2.03 bits per heavy atom. The van der Waals surface area contributed by atoms with E-state index in [0.717, 1.165) is 0 Å². The number of ether oxygens (including phenoxy) is 3. The Kier molecular flexibility index (Phi) is 7.56. The van der Waals surface area contributed by atoms with Crippen LogP contribution in [-0.4, -0.2) is 46.4 Å². The van der Waals surface area contributed by atoms with Crippen LogP contribution in [0.1, 0.15) is 62.9 Å². The van der Waals surface area contributed by atoms with Gasteiger partial charge < -0.3 is 25.3 Å². The fourth-order valence-electron chi connectivity index (χ4n) is 3.60. The largest absolute Gasteiger partial charge is 0.474 e. The summed E-state index contributed by atoms with van der Waals surface area (Å²) < 4.78 is 16.5. The van der Waals surface area contributed by atoms with E-state index in [1.54, 1.807) is 52.0 Å². The Hall–Kier alpha value is -3.87. The van der Waals surface area contributed by atoms with Gasteiger partial charge in [0.25, 0.3) is 0 Å². The topological polar surface area (TPSA) is 149 Å². The number of carbonyl (C=O) groups excluding carboxylic acids is 2. The highest BCUT2D eigenvalue weighted by atomic mass is 16.6. The van der Waals surface area contributed by atoms with Crippen molar-refractivity contribution in [3.63, 3.8) is 0 Å². The van der Waals surface area contributed by atoms with E-state index in [1.807, 2.05) is 0 Å². The molecule has 3 rings (SSSR count). The summed E-state index contributed by atoms with van der Waals surface area (Å²) in [6.07, 6.45) is 1.00. The standard InChI is InChI=1S/C24H29N5O5/c1-5-32-22(30)18-19(26)28-20(15-8-6-7-14(11-15)13-25)29-21(18)33-17-10-9-16(12-17)27-23(31)34-24(2,3)4/h6-8,11,16-17H,5,9-10,12H2,1-4H3,(H,27,31)(H2,26,28,29)/t16-,17+/m1/s1. The van der Waals surface area contributed by atoms with Crippen LogP contribution in [0, 0.1) is 11.3 Å². The van der Waals surface area contributed by atoms with Crippen molar-refractivity contribution in [2.24, 2.45) is 0 Å². The number of hydrogen-bond acceptors (Lipinski definition) is 9. The number of amides is 1. The Morgan fingerprint density at radius 1 is 1.26 bits per heavy atom. The lowest BCUT2D eigenvalue weighted by Gasteiger charge is -2.22. The average molecular weight is 468 g/mol. The molecule has 2 aromatic rings. The molecule has 1 aliphatic rings. The first kappa shape index (κ1) is 24.8. The van der Waals surface area contributed by atoms with Crippen molar-refractivity contribution < 1.29 is 23.8 Å². The van der Waals surface area contributed by atoms with Gasteiger partial charge in [0.15, 0.2) is 11.4 Å². The van der Waals surface area contributed by atoms with E-state index >= 15 is 0 Å².